The van der Waals surface area contributed by atoms with Crippen molar-refractivity contribution in [1.82, 2.24) is 9.13 Å². The molecular formula is C43H25N3O. The summed E-state index contributed by atoms with van der Waals surface area (Å²) in [5.74, 6) is 0. The largest absolute Gasteiger partial charge is 0.465 e. The van der Waals surface area contributed by atoms with Crippen molar-refractivity contribution in [2.75, 3.05) is 0 Å². The average Bonchev–Trinajstić information content (AvgIpc) is 3.79. The van der Waals surface area contributed by atoms with Gasteiger partial charge in [-0.25, -0.2) is 4.85 Å². The molecule has 0 radical (unpaired) electrons. The van der Waals surface area contributed by atoms with E-state index in [1.807, 2.05) is 18.2 Å². The Bertz CT molecular complexity index is 2910. The molecule has 3 heterocycles. The topological polar surface area (TPSA) is 27.4 Å². The number of aromatic nitrogens is 2. The second-order valence-corrected chi connectivity index (χ2v) is 12.0. The fourth-order valence-electron chi connectivity index (χ4n) is 7.47. The highest BCUT2D eigenvalue weighted by Crippen LogP contribution is 2.42. The van der Waals surface area contributed by atoms with E-state index in [0.29, 0.717) is 11.3 Å². The molecule has 0 saturated carbocycles. The third-order valence-electron chi connectivity index (χ3n) is 9.54. The van der Waals surface area contributed by atoms with Gasteiger partial charge in [-0.05, 0) is 65.7 Å². The molecule has 0 saturated heterocycles. The quantitative estimate of drug-likeness (QED) is 0.186. The number of hydrogen-bond donors (Lipinski definition) is 0. The van der Waals surface area contributed by atoms with E-state index < -0.39 is 0 Å². The van der Waals surface area contributed by atoms with Crippen molar-refractivity contribution in [2.24, 2.45) is 0 Å². The van der Waals surface area contributed by atoms with Gasteiger partial charge >= 0.3 is 0 Å². The van der Waals surface area contributed by atoms with Crippen LogP contribution in [0.4, 0.5) is 5.69 Å². The molecule has 0 fully saturated rings. The van der Waals surface area contributed by atoms with Crippen LogP contribution in [0.25, 0.3) is 92.9 Å². The molecule has 3 aromatic heterocycles. The minimum Gasteiger partial charge on any atom is -0.465 e. The lowest BCUT2D eigenvalue weighted by Crippen LogP contribution is -1.94. The van der Waals surface area contributed by atoms with Gasteiger partial charge in [0, 0.05) is 38.0 Å². The van der Waals surface area contributed by atoms with E-state index in [1.165, 1.54) is 43.7 Å². The maximum atomic E-state index is 7.68. The first kappa shape index (κ1) is 25.7. The summed E-state index contributed by atoms with van der Waals surface area (Å²) in [6.45, 7) is 7.68. The minimum absolute atomic E-state index is 0.528. The molecule has 10 rings (SSSR count). The normalized spacial score (nSPS) is 11.8. The highest BCUT2D eigenvalue weighted by molar-refractivity contribution is 6.15. The number of rotatable bonds is 3. The maximum Gasteiger partial charge on any atom is 0.229 e. The number of benzene rings is 7. The number of furan rings is 1. The second-order valence-electron chi connectivity index (χ2n) is 12.0. The molecule has 0 bridgehead atoms. The standard InChI is InChI=1S/C43H25N3O/c1-44-36-17-9-15-32-33-16-10-20-41(43(33)47-42(32)36)46-38-19-8-6-14-31(38)35-26-28(22-24-40(35)46)27-21-23-39-34(25-27)30-13-5-7-18-37(30)45(39)29-11-3-2-4-12-29/h2-26H. The van der Waals surface area contributed by atoms with Crippen LogP contribution in [0.1, 0.15) is 0 Å². The maximum absolute atomic E-state index is 7.68. The van der Waals surface area contributed by atoms with Crippen LogP contribution >= 0.6 is 0 Å². The predicted octanol–water partition coefficient (Wildman–Crippen LogP) is 12.0. The predicted molar refractivity (Wildman–Crippen MR) is 194 cm³/mol. The zero-order valence-corrected chi connectivity index (χ0v) is 25.2. The Morgan fingerprint density at radius 3 is 1.64 bits per heavy atom. The van der Waals surface area contributed by atoms with Crippen molar-refractivity contribution in [2.45, 2.75) is 0 Å². The van der Waals surface area contributed by atoms with Gasteiger partial charge in [0.1, 0.15) is 5.58 Å². The van der Waals surface area contributed by atoms with Gasteiger partial charge in [0.15, 0.2) is 5.58 Å². The Kier molecular flexibility index (Phi) is 5.32. The van der Waals surface area contributed by atoms with Crippen LogP contribution in [0.2, 0.25) is 0 Å². The third kappa shape index (κ3) is 3.63. The number of hydrogen-bond acceptors (Lipinski definition) is 1. The Labute approximate surface area is 269 Å². The molecule has 0 N–H and O–H groups in total. The molecule has 0 aliphatic rings. The SMILES string of the molecule is [C-]#[N+]c1cccc2c1oc1c(-n3c4ccccc4c4cc(-c5ccc6c(c5)c5ccccc5n6-c5ccccc5)ccc43)cccc12. The van der Waals surface area contributed by atoms with Crippen molar-refractivity contribution < 1.29 is 4.42 Å². The molecule has 0 amide bonds. The van der Waals surface area contributed by atoms with Crippen LogP contribution in [0, 0.1) is 6.57 Å². The molecule has 4 nitrogen and oxygen atoms in total. The Morgan fingerprint density at radius 2 is 0.957 bits per heavy atom. The van der Waals surface area contributed by atoms with E-state index in [0.717, 1.165) is 38.8 Å². The lowest BCUT2D eigenvalue weighted by molar-refractivity contribution is 0.668. The van der Waals surface area contributed by atoms with E-state index in [9.17, 15) is 0 Å². The molecule has 7 aromatic carbocycles. The Morgan fingerprint density at radius 1 is 0.426 bits per heavy atom. The van der Waals surface area contributed by atoms with Gasteiger partial charge in [-0.15, -0.1) is 0 Å². The number of para-hydroxylation sites is 5. The van der Waals surface area contributed by atoms with Crippen molar-refractivity contribution in [1.29, 1.82) is 0 Å². The summed E-state index contributed by atoms with van der Waals surface area (Å²) in [6, 6.07) is 53.4. The lowest BCUT2D eigenvalue weighted by Gasteiger charge is -2.10. The average molecular weight is 600 g/mol. The van der Waals surface area contributed by atoms with Crippen LogP contribution in [-0.4, -0.2) is 9.13 Å². The summed E-state index contributed by atoms with van der Waals surface area (Å²) in [5, 5.41) is 6.81. The van der Waals surface area contributed by atoms with Gasteiger partial charge in [0.25, 0.3) is 0 Å². The Balaban J connectivity index is 1.20. The van der Waals surface area contributed by atoms with Gasteiger partial charge in [0.05, 0.1) is 34.3 Å². The van der Waals surface area contributed by atoms with Crippen LogP contribution in [-0.2, 0) is 0 Å². The number of nitrogens with zero attached hydrogens (tertiary/aromatic N) is 3. The molecule has 0 spiro atoms. The third-order valence-corrected chi connectivity index (χ3v) is 9.54. The molecule has 0 aliphatic carbocycles. The first-order valence-corrected chi connectivity index (χ1v) is 15.7. The van der Waals surface area contributed by atoms with Gasteiger partial charge in [-0.1, -0.05) is 97.1 Å². The summed E-state index contributed by atoms with van der Waals surface area (Å²) in [4.78, 5) is 3.73. The highest BCUT2D eigenvalue weighted by atomic mass is 16.3. The van der Waals surface area contributed by atoms with Crippen LogP contribution in [0.15, 0.2) is 156 Å². The van der Waals surface area contributed by atoms with E-state index in [2.05, 4.69) is 147 Å². The fraction of sp³-hybridized carbons (Fsp3) is 0. The second kappa shape index (κ2) is 9.71. The van der Waals surface area contributed by atoms with Crippen molar-refractivity contribution in [3.8, 4) is 22.5 Å². The van der Waals surface area contributed by atoms with E-state index in [1.54, 1.807) is 0 Å². The van der Waals surface area contributed by atoms with Crippen LogP contribution in [0.3, 0.4) is 0 Å². The van der Waals surface area contributed by atoms with Crippen LogP contribution < -0.4 is 0 Å². The summed E-state index contributed by atoms with van der Waals surface area (Å²) >= 11 is 0. The van der Waals surface area contributed by atoms with Gasteiger partial charge in [-0.2, -0.15) is 0 Å². The molecule has 4 heteroatoms. The monoisotopic (exact) mass is 599 g/mol. The first-order valence-electron chi connectivity index (χ1n) is 15.7. The summed E-state index contributed by atoms with van der Waals surface area (Å²) in [5.41, 5.74) is 11.0. The van der Waals surface area contributed by atoms with E-state index in [-0.39, 0.29) is 0 Å². The summed E-state index contributed by atoms with van der Waals surface area (Å²) < 4.78 is 11.1. The van der Waals surface area contributed by atoms with Gasteiger partial charge in [-0.3, -0.25) is 0 Å². The van der Waals surface area contributed by atoms with Gasteiger partial charge < -0.3 is 13.6 Å². The van der Waals surface area contributed by atoms with Crippen molar-refractivity contribution in [3.05, 3.63) is 163 Å². The first-order chi connectivity index (χ1) is 23.3. The molecule has 47 heavy (non-hydrogen) atoms. The molecule has 0 atom stereocenters. The lowest BCUT2D eigenvalue weighted by atomic mass is 10.0. The molecule has 0 aliphatic heterocycles. The van der Waals surface area contributed by atoms with E-state index >= 15 is 0 Å². The zero-order chi connectivity index (χ0) is 31.1. The molecule has 0 unspecified atom stereocenters. The van der Waals surface area contributed by atoms with Crippen LogP contribution in [0.5, 0.6) is 0 Å². The van der Waals surface area contributed by atoms with Crippen molar-refractivity contribution >= 4 is 71.2 Å². The molecule has 10 aromatic rings. The molecular weight excluding hydrogens is 574 g/mol. The van der Waals surface area contributed by atoms with E-state index in [4.69, 9.17) is 11.0 Å². The smallest absolute Gasteiger partial charge is 0.229 e. The number of fused-ring (bicyclic) bond motifs is 9. The molecule has 218 valence electrons. The Hall–Kier alpha value is -6.57. The van der Waals surface area contributed by atoms with Gasteiger partial charge in [0.2, 0.25) is 5.69 Å². The zero-order valence-electron chi connectivity index (χ0n) is 25.2. The fourth-order valence-corrected chi connectivity index (χ4v) is 7.47. The summed E-state index contributed by atoms with van der Waals surface area (Å²) in [7, 11) is 0. The van der Waals surface area contributed by atoms with Crippen molar-refractivity contribution in [3.63, 3.8) is 0 Å². The summed E-state index contributed by atoms with van der Waals surface area (Å²) in [6.07, 6.45) is 0. The highest BCUT2D eigenvalue weighted by Gasteiger charge is 2.19. The minimum atomic E-state index is 0.528.